The van der Waals surface area contributed by atoms with Gasteiger partial charge in [0.25, 0.3) is 0 Å². The molecular formula is C21H22FNO5. The van der Waals surface area contributed by atoms with E-state index >= 15 is 0 Å². The summed E-state index contributed by atoms with van der Waals surface area (Å²) in [6.07, 6.45) is 1.66. The molecule has 0 bridgehead atoms. The molecule has 7 heteroatoms. The molecule has 3 rings (SSSR count). The van der Waals surface area contributed by atoms with Crippen molar-refractivity contribution in [3.05, 3.63) is 59.4 Å². The number of hydrogen-bond donors (Lipinski definition) is 0. The van der Waals surface area contributed by atoms with Crippen LogP contribution >= 0.6 is 0 Å². The molecule has 1 aliphatic heterocycles. The van der Waals surface area contributed by atoms with E-state index in [0.717, 1.165) is 0 Å². The predicted octanol–water partition coefficient (Wildman–Crippen LogP) is 3.17. The highest BCUT2D eigenvalue weighted by molar-refractivity contribution is 6.21. The third-order valence-corrected chi connectivity index (χ3v) is 4.28. The summed E-state index contributed by atoms with van der Waals surface area (Å²) in [7, 11) is 3.07. The highest BCUT2D eigenvalue weighted by atomic mass is 19.1. The quantitative estimate of drug-likeness (QED) is 0.561. The maximum Gasteiger partial charge on any atom is 0.357 e. The van der Waals surface area contributed by atoms with Gasteiger partial charge in [-0.25, -0.2) is 9.18 Å². The Balaban J connectivity index is 1.96. The van der Waals surface area contributed by atoms with Crippen molar-refractivity contribution in [2.24, 2.45) is 0 Å². The van der Waals surface area contributed by atoms with Gasteiger partial charge in [-0.2, -0.15) is 0 Å². The molecule has 0 N–H and O–H groups in total. The van der Waals surface area contributed by atoms with E-state index in [1.165, 1.54) is 19.2 Å². The van der Waals surface area contributed by atoms with Gasteiger partial charge in [-0.1, -0.05) is 18.2 Å². The lowest BCUT2D eigenvalue weighted by atomic mass is 10.0. The van der Waals surface area contributed by atoms with E-state index in [1.54, 1.807) is 48.6 Å². The van der Waals surface area contributed by atoms with Gasteiger partial charge < -0.3 is 19.0 Å². The Hall–Kier alpha value is -2.90. The summed E-state index contributed by atoms with van der Waals surface area (Å²) in [5.41, 5.74) is 1.59. The minimum absolute atomic E-state index is 0.319. The molecular weight excluding hydrogens is 365 g/mol. The van der Waals surface area contributed by atoms with Crippen molar-refractivity contribution in [3.63, 3.8) is 0 Å². The molecule has 0 aromatic heterocycles. The second kappa shape index (κ2) is 9.34. The van der Waals surface area contributed by atoms with Crippen LogP contribution in [0.25, 0.3) is 11.6 Å². The van der Waals surface area contributed by atoms with Crippen LogP contribution in [0.1, 0.15) is 11.1 Å². The number of carbonyl (C=O) groups is 1. The first-order valence-electron chi connectivity index (χ1n) is 8.85. The molecule has 0 aliphatic carbocycles. The minimum atomic E-state index is -0.515. The molecule has 0 radical (unpaired) electrons. The van der Waals surface area contributed by atoms with Crippen LogP contribution in [-0.2, 0) is 14.4 Å². The van der Waals surface area contributed by atoms with Crippen LogP contribution in [0.3, 0.4) is 0 Å². The van der Waals surface area contributed by atoms with E-state index in [1.807, 2.05) is 0 Å². The van der Waals surface area contributed by atoms with E-state index in [9.17, 15) is 9.18 Å². The Kier molecular flexibility index (Phi) is 6.62. The fraction of sp³-hybridized carbons (Fsp3) is 0.286. The van der Waals surface area contributed by atoms with E-state index in [0.29, 0.717) is 54.5 Å². The first kappa shape index (κ1) is 19.9. The Morgan fingerprint density at radius 2 is 1.71 bits per heavy atom. The fourth-order valence-electron chi connectivity index (χ4n) is 2.79. The van der Waals surface area contributed by atoms with Gasteiger partial charge in [-0.05, 0) is 41.5 Å². The normalized spacial score (nSPS) is 15.2. The summed E-state index contributed by atoms with van der Waals surface area (Å²) in [6, 6.07) is 11.0. The van der Waals surface area contributed by atoms with Crippen molar-refractivity contribution >= 4 is 17.6 Å². The van der Waals surface area contributed by atoms with E-state index < -0.39 is 5.97 Å². The number of ether oxygens (including phenoxy) is 3. The number of rotatable bonds is 6. The molecule has 2 aromatic rings. The van der Waals surface area contributed by atoms with Crippen LogP contribution in [0.4, 0.5) is 4.39 Å². The average molecular weight is 387 g/mol. The second-order valence-electron chi connectivity index (χ2n) is 6.10. The standard InChI is InChI=1S/C21H22FNO5/c1-25-19-8-5-16(14-20(19)26-2)18(13-15-3-6-17(22)7-4-15)21(24)28-23-9-11-27-12-10-23/h3-8,13-14H,9-12H2,1-2H3. The highest BCUT2D eigenvalue weighted by Gasteiger charge is 2.21. The van der Waals surface area contributed by atoms with E-state index in [2.05, 4.69) is 0 Å². The molecule has 0 unspecified atom stereocenters. The Labute approximate surface area is 163 Å². The molecule has 1 heterocycles. The zero-order valence-corrected chi connectivity index (χ0v) is 15.8. The van der Waals surface area contributed by atoms with Crippen LogP contribution in [0, 0.1) is 5.82 Å². The third kappa shape index (κ3) is 4.88. The van der Waals surface area contributed by atoms with Gasteiger partial charge in [0, 0.05) is 0 Å². The topological polar surface area (TPSA) is 57.2 Å². The molecule has 1 fully saturated rings. The van der Waals surface area contributed by atoms with Crippen molar-refractivity contribution in [2.45, 2.75) is 0 Å². The number of methoxy groups -OCH3 is 2. The first-order chi connectivity index (χ1) is 13.6. The van der Waals surface area contributed by atoms with Crippen LogP contribution in [0.2, 0.25) is 0 Å². The summed E-state index contributed by atoms with van der Waals surface area (Å²) in [5, 5.41) is 1.57. The molecule has 0 atom stereocenters. The molecule has 0 saturated carbocycles. The van der Waals surface area contributed by atoms with Gasteiger partial charge in [-0.15, -0.1) is 5.06 Å². The lowest BCUT2D eigenvalue weighted by Gasteiger charge is -2.25. The number of hydroxylamine groups is 2. The predicted molar refractivity (Wildman–Crippen MR) is 102 cm³/mol. The van der Waals surface area contributed by atoms with Crippen LogP contribution < -0.4 is 9.47 Å². The largest absolute Gasteiger partial charge is 0.493 e. The maximum atomic E-state index is 13.2. The lowest BCUT2D eigenvalue weighted by molar-refractivity contribution is -0.198. The number of halogens is 1. The molecule has 2 aromatic carbocycles. The van der Waals surface area contributed by atoms with Gasteiger partial charge in [0.15, 0.2) is 11.5 Å². The molecule has 148 valence electrons. The zero-order valence-electron chi connectivity index (χ0n) is 15.8. The average Bonchev–Trinajstić information content (AvgIpc) is 2.73. The molecule has 1 saturated heterocycles. The van der Waals surface area contributed by atoms with Gasteiger partial charge in [0.2, 0.25) is 0 Å². The SMILES string of the molecule is COc1ccc(C(=Cc2ccc(F)cc2)C(=O)ON2CCOCC2)cc1OC. The number of carbonyl (C=O) groups excluding carboxylic acids is 1. The highest BCUT2D eigenvalue weighted by Crippen LogP contribution is 2.31. The molecule has 1 aliphatic rings. The third-order valence-electron chi connectivity index (χ3n) is 4.28. The van der Waals surface area contributed by atoms with Crippen LogP contribution in [0.15, 0.2) is 42.5 Å². The second-order valence-corrected chi connectivity index (χ2v) is 6.10. The van der Waals surface area contributed by atoms with Crippen molar-refractivity contribution < 1.29 is 28.2 Å². The Morgan fingerprint density at radius 1 is 1.04 bits per heavy atom. The van der Waals surface area contributed by atoms with Gasteiger partial charge in [0.05, 0.1) is 46.1 Å². The summed E-state index contributed by atoms with van der Waals surface area (Å²) in [4.78, 5) is 18.5. The molecule has 28 heavy (non-hydrogen) atoms. The molecule has 6 nitrogen and oxygen atoms in total. The maximum absolute atomic E-state index is 13.2. The summed E-state index contributed by atoms with van der Waals surface area (Å²) < 4.78 is 29.1. The van der Waals surface area contributed by atoms with Crippen molar-refractivity contribution in [1.82, 2.24) is 5.06 Å². The molecule has 0 amide bonds. The lowest BCUT2D eigenvalue weighted by Crippen LogP contribution is -2.38. The van der Waals surface area contributed by atoms with Gasteiger partial charge >= 0.3 is 5.97 Å². The zero-order chi connectivity index (χ0) is 19.9. The number of morpholine rings is 1. The van der Waals surface area contributed by atoms with Crippen molar-refractivity contribution in [1.29, 1.82) is 0 Å². The summed E-state index contributed by atoms with van der Waals surface area (Å²) in [5.74, 6) is 0.178. The van der Waals surface area contributed by atoms with E-state index in [4.69, 9.17) is 19.0 Å². The Bertz CT molecular complexity index is 844. The van der Waals surface area contributed by atoms with E-state index in [-0.39, 0.29) is 5.82 Å². The van der Waals surface area contributed by atoms with Crippen molar-refractivity contribution in [2.75, 3.05) is 40.5 Å². The fourth-order valence-corrected chi connectivity index (χ4v) is 2.79. The van der Waals surface area contributed by atoms with Crippen LogP contribution in [-0.4, -0.2) is 51.6 Å². The van der Waals surface area contributed by atoms with Gasteiger partial charge in [0.1, 0.15) is 5.82 Å². The van der Waals surface area contributed by atoms with Crippen LogP contribution in [0.5, 0.6) is 11.5 Å². The first-order valence-corrected chi connectivity index (χ1v) is 8.85. The van der Waals surface area contributed by atoms with Gasteiger partial charge in [-0.3, -0.25) is 0 Å². The van der Waals surface area contributed by atoms with Crippen molar-refractivity contribution in [3.8, 4) is 11.5 Å². The Morgan fingerprint density at radius 3 is 2.36 bits per heavy atom. The minimum Gasteiger partial charge on any atom is -0.493 e. The monoisotopic (exact) mass is 387 g/mol. The summed E-state index contributed by atoms with van der Waals surface area (Å²) in [6.45, 7) is 2.00. The smallest absolute Gasteiger partial charge is 0.357 e. The number of nitrogens with zero attached hydrogens (tertiary/aromatic N) is 1. The molecule has 0 spiro atoms. The number of benzene rings is 2. The number of hydrogen-bond acceptors (Lipinski definition) is 6. The summed E-state index contributed by atoms with van der Waals surface area (Å²) >= 11 is 0.